The SMILES string of the molecule is O=S(=O)(C(Br)(Br)Cc1ccccc1Br)C(Br)(Br)Cc1ccccc1Br. The van der Waals surface area contributed by atoms with Crippen LogP contribution in [0.1, 0.15) is 11.1 Å². The highest BCUT2D eigenvalue weighted by atomic mass is 79.9. The number of alkyl halides is 4. The number of hydrogen-bond donors (Lipinski definition) is 0. The quantitative estimate of drug-likeness (QED) is 0.291. The van der Waals surface area contributed by atoms with Crippen LogP contribution in [-0.4, -0.2) is 13.5 Å². The van der Waals surface area contributed by atoms with Gasteiger partial charge in [-0.15, -0.1) is 0 Å². The largest absolute Gasteiger partial charge is 0.224 e. The average Bonchev–Trinajstić information content (AvgIpc) is 2.51. The highest BCUT2D eigenvalue weighted by Gasteiger charge is 2.52. The molecule has 0 radical (unpaired) electrons. The van der Waals surface area contributed by atoms with Gasteiger partial charge in [0.15, 0.2) is 5.13 Å². The molecule has 25 heavy (non-hydrogen) atoms. The van der Waals surface area contributed by atoms with Crippen LogP contribution in [0, 0.1) is 0 Å². The van der Waals surface area contributed by atoms with Crippen LogP contribution in [0.4, 0.5) is 0 Å². The molecule has 0 bridgehead atoms. The van der Waals surface area contributed by atoms with Crippen LogP contribution in [0.25, 0.3) is 0 Å². The van der Waals surface area contributed by atoms with Gasteiger partial charge in [-0.3, -0.25) is 0 Å². The van der Waals surface area contributed by atoms with Crippen LogP contribution in [0.3, 0.4) is 0 Å². The molecule has 0 atom stereocenters. The van der Waals surface area contributed by atoms with Gasteiger partial charge in [-0.05, 0) is 23.3 Å². The molecule has 0 aromatic heterocycles. The molecule has 0 heterocycles. The summed E-state index contributed by atoms with van der Waals surface area (Å²) in [6.45, 7) is 0. The second kappa shape index (κ2) is 8.74. The minimum absolute atomic E-state index is 0.242. The van der Waals surface area contributed by atoms with Crippen molar-refractivity contribution in [2.75, 3.05) is 0 Å². The highest BCUT2D eigenvalue weighted by Crippen LogP contribution is 2.50. The van der Waals surface area contributed by atoms with Crippen molar-refractivity contribution >= 4 is 105 Å². The molecule has 0 N–H and O–H groups in total. The molecule has 136 valence electrons. The Kier molecular flexibility index (Phi) is 7.89. The van der Waals surface area contributed by atoms with E-state index < -0.39 is 15.0 Å². The minimum Gasteiger partial charge on any atom is -0.224 e. The summed E-state index contributed by atoms with van der Waals surface area (Å²) in [5.41, 5.74) is 1.74. The summed E-state index contributed by atoms with van der Waals surface area (Å²) < 4.78 is 25.6. The Balaban J connectivity index is 2.34. The summed E-state index contributed by atoms with van der Waals surface area (Å²) in [6, 6.07) is 15.1. The van der Waals surface area contributed by atoms with E-state index >= 15 is 0 Å². The smallest absolute Gasteiger partial charge is 0.202 e. The summed E-state index contributed by atoms with van der Waals surface area (Å²) in [7, 11) is -3.74. The van der Waals surface area contributed by atoms with Gasteiger partial charge >= 0.3 is 0 Å². The topological polar surface area (TPSA) is 34.1 Å². The Bertz CT molecular complexity index is 799. The zero-order valence-electron chi connectivity index (χ0n) is 12.5. The zero-order valence-corrected chi connectivity index (χ0v) is 22.9. The van der Waals surface area contributed by atoms with Gasteiger partial charge < -0.3 is 0 Å². The first-order chi connectivity index (χ1) is 11.5. The van der Waals surface area contributed by atoms with Crippen molar-refractivity contribution in [2.45, 2.75) is 18.0 Å². The third-order valence-electron chi connectivity index (χ3n) is 3.49. The molecule has 2 aromatic rings. The lowest BCUT2D eigenvalue weighted by atomic mass is 10.2. The van der Waals surface area contributed by atoms with Crippen molar-refractivity contribution in [1.82, 2.24) is 0 Å². The molecule has 0 unspecified atom stereocenters. The average molecular weight is 748 g/mol. The first-order valence-corrected chi connectivity index (χ1v) is 13.2. The lowest BCUT2D eigenvalue weighted by Gasteiger charge is -2.30. The van der Waals surface area contributed by atoms with Crippen molar-refractivity contribution in [3.63, 3.8) is 0 Å². The van der Waals surface area contributed by atoms with Gasteiger partial charge in [0.25, 0.3) is 0 Å². The molecular formula is C16H12Br6O2S. The standard InChI is InChI=1S/C16H12Br6O2S/c17-13-7-3-1-5-11(13)9-15(19,20)25(23,24)16(21,22)10-12-6-2-4-8-14(12)18/h1-8H,9-10H2. The summed E-state index contributed by atoms with van der Waals surface area (Å²) in [5, 5.41) is 0. The Morgan fingerprint density at radius 1 is 0.680 bits per heavy atom. The van der Waals surface area contributed by atoms with E-state index in [-0.39, 0.29) is 12.8 Å². The molecule has 0 aliphatic heterocycles. The van der Waals surface area contributed by atoms with E-state index in [2.05, 4.69) is 95.6 Å². The molecular weight excluding hydrogens is 736 g/mol. The minimum atomic E-state index is -3.74. The molecule has 2 rings (SSSR count). The van der Waals surface area contributed by atoms with Crippen molar-refractivity contribution < 1.29 is 8.42 Å². The Morgan fingerprint density at radius 2 is 1.00 bits per heavy atom. The van der Waals surface area contributed by atoms with Gasteiger partial charge in [0.2, 0.25) is 9.84 Å². The van der Waals surface area contributed by atoms with E-state index in [1.54, 1.807) is 0 Å². The van der Waals surface area contributed by atoms with Gasteiger partial charge in [0, 0.05) is 21.8 Å². The lowest BCUT2D eigenvalue weighted by Crippen LogP contribution is -2.41. The number of halogens is 6. The van der Waals surface area contributed by atoms with E-state index in [1.165, 1.54) is 0 Å². The Morgan fingerprint density at radius 3 is 1.32 bits per heavy atom. The zero-order chi connectivity index (χ0) is 18.9. The van der Waals surface area contributed by atoms with E-state index in [4.69, 9.17) is 0 Å². The number of hydrogen-bond acceptors (Lipinski definition) is 2. The highest BCUT2D eigenvalue weighted by molar-refractivity contribution is 9.31. The molecule has 0 spiro atoms. The maximum Gasteiger partial charge on any atom is 0.202 e. The van der Waals surface area contributed by atoms with Gasteiger partial charge in [-0.2, -0.15) is 0 Å². The fraction of sp³-hybridized carbons (Fsp3) is 0.250. The molecule has 0 aliphatic rings. The third kappa shape index (κ3) is 5.21. The fourth-order valence-corrected chi connectivity index (χ4v) is 11.2. The predicted octanol–water partition coefficient (Wildman–Crippen LogP) is 7.30. The molecule has 0 saturated heterocycles. The fourth-order valence-electron chi connectivity index (χ4n) is 2.14. The number of sulfone groups is 1. The van der Waals surface area contributed by atoms with Gasteiger partial charge in [-0.25, -0.2) is 8.42 Å². The van der Waals surface area contributed by atoms with Gasteiger partial charge in [-0.1, -0.05) is 132 Å². The summed E-state index contributed by atoms with van der Waals surface area (Å²) >= 11 is 20.4. The number of rotatable bonds is 6. The van der Waals surface area contributed by atoms with Gasteiger partial charge in [0.1, 0.15) is 0 Å². The van der Waals surface area contributed by atoms with E-state index in [0.717, 1.165) is 20.1 Å². The van der Waals surface area contributed by atoms with Crippen LogP contribution in [0.2, 0.25) is 0 Å². The lowest BCUT2D eigenvalue weighted by molar-refractivity contribution is 0.585. The summed E-state index contributed by atoms with van der Waals surface area (Å²) in [5.74, 6) is 0. The first kappa shape index (κ1) is 22.6. The maximum atomic E-state index is 13.3. The molecule has 2 nitrogen and oxygen atoms in total. The van der Waals surface area contributed by atoms with Crippen molar-refractivity contribution in [3.05, 3.63) is 68.6 Å². The molecule has 0 saturated carbocycles. The normalized spacial score (nSPS) is 13.0. The first-order valence-electron chi connectivity index (χ1n) is 6.94. The molecule has 0 fully saturated rings. The molecule has 0 amide bonds. The maximum absolute atomic E-state index is 13.3. The Hall–Kier alpha value is 1.27. The second-order valence-corrected chi connectivity index (χ2v) is 19.1. The van der Waals surface area contributed by atoms with Gasteiger partial charge in [0.05, 0.1) is 0 Å². The van der Waals surface area contributed by atoms with Crippen molar-refractivity contribution in [1.29, 1.82) is 0 Å². The van der Waals surface area contributed by atoms with Crippen molar-refractivity contribution in [3.8, 4) is 0 Å². The van der Waals surface area contributed by atoms with E-state index in [0.29, 0.717) is 0 Å². The predicted molar refractivity (Wildman–Crippen MR) is 126 cm³/mol. The van der Waals surface area contributed by atoms with E-state index in [1.807, 2.05) is 48.5 Å². The second-order valence-electron chi connectivity index (χ2n) is 5.31. The van der Waals surface area contributed by atoms with Crippen LogP contribution in [0.5, 0.6) is 0 Å². The summed E-state index contributed by atoms with van der Waals surface area (Å²) in [4.78, 5) is 0. The van der Waals surface area contributed by atoms with Crippen LogP contribution in [-0.2, 0) is 22.7 Å². The molecule has 9 heteroatoms. The van der Waals surface area contributed by atoms with Crippen LogP contribution >= 0.6 is 95.6 Å². The van der Waals surface area contributed by atoms with Crippen LogP contribution < -0.4 is 0 Å². The molecule has 0 aliphatic carbocycles. The molecule has 2 aromatic carbocycles. The monoisotopic (exact) mass is 742 g/mol. The van der Waals surface area contributed by atoms with Crippen molar-refractivity contribution in [2.24, 2.45) is 0 Å². The Labute approximate surface area is 198 Å². The number of benzene rings is 2. The van der Waals surface area contributed by atoms with Crippen LogP contribution in [0.15, 0.2) is 57.5 Å². The van der Waals surface area contributed by atoms with E-state index in [9.17, 15) is 8.42 Å². The summed E-state index contributed by atoms with van der Waals surface area (Å²) in [6.07, 6.45) is 0.483. The third-order valence-corrected chi connectivity index (χ3v) is 13.1.